The fourth-order valence-corrected chi connectivity index (χ4v) is 1.71. The van der Waals surface area contributed by atoms with Crippen LogP contribution >= 0.6 is 0 Å². The number of hydrogen-bond donors (Lipinski definition) is 0. The molecule has 0 unspecified atom stereocenters. The van der Waals surface area contributed by atoms with Crippen molar-refractivity contribution in [2.24, 2.45) is 0 Å². The van der Waals surface area contributed by atoms with E-state index in [4.69, 9.17) is 0 Å². The van der Waals surface area contributed by atoms with Gasteiger partial charge in [-0.25, -0.2) is 0 Å². The molecule has 0 spiro atoms. The van der Waals surface area contributed by atoms with Crippen molar-refractivity contribution in [1.82, 2.24) is 4.90 Å². The molecule has 14 heavy (non-hydrogen) atoms. The monoisotopic (exact) mass is 187 g/mol. The number of hydrogen-bond acceptors (Lipinski definition) is 1. The highest BCUT2D eigenvalue weighted by atomic mass is 16.2. The molecule has 0 saturated heterocycles. The van der Waals surface area contributed by atoms with Gasteiger partial charge in [0.25, 0.3) is 5.91 Å². The second kappa shape index (κ2) is 3.29. The van der Waals surface area contributed by atoms with Gasteiger partial charge in [-0.15, -0.1) is 0 Å². The van der Waals surface area contributed by atoms with Gasteiger partial charge in [0.1, 0.15) is 0 Å². The maximum atomic E-state index is 11.9. The summed E-state index contributed by atoms with van der Waals surface area (Å²) < 4.78 is 0. The van der Waals surface area contributed by atoms with Gasteiger partial charge in [-0.1, -0.05) is 31.2 Å². The highest BCUT2D eigenvalue weighted by molar-refractivity contribution is 5.96. The molecular weight excluding hydrogens is 174 g/mol. The summed E-state index contributed by atoms with van der Waals surface area (Å²) in [5, 5.41) is 0. The summed E-state index contributed by atoms with van der Waals surface area (Å²) in [4.78, 5) is 13.5. The molecule has 2 heteroatoms. The number of carbonyl (C=O) groups is 1. The molecule has 1 aliphatic rings. The van der Waals surface area contributed by atoms with Crippen LogP contribution in [0, 0.1) is 0 Å². The van der Waals surface area contributed by atoms with Gasteiger partial charge in [0.15, 0.2) is 0 Å². The Bertz CT molecular complexity index is 395. The third-order valence-electron chi connectivity index (χ3n) is 2.60. The molecule has 1 aromatic carbocycles. The largest absolute Gasteiger partial charge is 0.318 e. The zero-order valence-electron chi connectivity index (χ0n) is 8.40. The van der Waals surface area contributed by atoms with E-state index in [0.717, 1.165) is 11.1 Å². The van der Waals surface area contributed by atoms with Gasteiger partial charge >= 0.3 is 0 Å². The van der Waals surface area contributed by atoms with Gasteiger partial charge in [0.2, 0.25) is 0 Å². The fourth-order valence-electron chi connectivity index (χ4n) is 1.71. The summed E-state index contributed by atoms with van der Waals surface area (Å²) in [7, 11) is 1.79. The van der Waals surface area contributed by atoms with Gasteiger partial charge in [0, 0.05) is 24.7 Å². The van der Waals surface area contributed by atoms with Gasteiger partial charge in [-0.3, -0.25) is 4.79 Å². The number of amides is 1. The first-order valence-electron chi connectivity index (χ1n) is 4.74. The summed E-state index contributed by atoms with van der Waals surface area (Å²) >= 11 is 0. The maximum absolute atomic E-state index is 11.9. The predicted octanol–water partition coefficient (Wildman–Crippen LogP) is 2.39. The van der Waals surface area contributed by atoms with Gasteiger partial charge in [-0.2, -0.15) is 0 Å². The molecule has 1 amide bonds. The summed E-state index contributed by atoms with van der Waals surface area (Å²) in [5.74, 6) is 0.376. The first-order chi connectivity index (χ1) is 6.70. The lowest BCUT2D eigenvalue weighted by Gasteiger charge is -2.11. The first-order valence-corrected chi connectivity index (χ1v) is 4.74. The van der Waals surface area contributed by atoms with Crippen molar-refractivity contribution >= 4 is 5.91 Å². The molecule has 0 saturated carbocycles. The van der Waals surface area contributed by atoms with Crippen LogP contribution in [0.1, 0.15) is 28.8 Å². The zero-order valence-corrected chi connectivity index (χ0v) is 8.40. The van der Waals surface area contributed by atoms with Gasteiger partial charge in [0.05, 0.1) is 0 Å². The minimum atomic E-state index is 0.0706. The van der Waals surface area contributed by atoms with Crippen molar-refractivity contribution in [3.05, 3.63) is 47.7 Å². The smallest absolute Gasteiger partial charge is 0.257 e. The lowest BCUT2D eigenvalue weighted by Crippen LogP contribution is -2.20. The third-order valence-corrected chi connectivity index (χ3v) is 2.60. The van der Waals surface area contributed by atoms with Crippen LogP contribution < -0.4 is 0 Å². The third kappa shape index (κ3) is 1.33. The van der Waals surface area contributed by atoms with Crippen LogP contribution in [0.15, 0.2) is 36.5 Å². The summed E-state index contributed by atoms with van der Waals surface area (Å²) in [6.45, 7) is 2.10. The number of carbonyl (C=O) groups excluding carboxylic acids is 1. The van der Waals surface area contributed by atoms with Crippen LogP contribution in [0.4, 0.5) is 0 Å². The molecule has 0 aliphatic carbocycles. The maximum Gasteiger partial charge on any atom is 0.257 e. The van der Waals surface area contributed by atoms with Crippen LogP contribution in [-0.4, -0.2) is 17.9 Å². The lowest BCUT2D eigenvalue weighted by atomic mass is 9.96. The Morgan fingerprint density at radius 2 is 2.00 bits per heavy atom. The van der Waals surface area contributed by atoms with Crippen molar-refractivity contribution in [3.63, 3.8) is 0 Å². The summed E-state index contributed by atoms with van der Waals surface area (Å²) in [5.41, 5.74) is 1.92. The Kier molecular flexibility index (Phi) is 2.12. The Morgan fingerprint density at radius 3 is 2.79 bits per heavy atom. The molecule has 0 fully saturated rings. The zero-order chi connectivity index (χ0) is 10.1. The molecule has 0 aromatic heterocycles. The molecule has 2 rings (SSSR count). The van der Waals surface area contributed by atoms with Crippen LogP contribution in [0.3, 0.4) is 0 Å². The molecule has 1 heterocycles. The van der Waals surface area contributed by atoms with Crippen molar-refractivity contribution in [2.45, 2.75) is 12.8 Å². The first kappa shape index (κ1) is 9.00. The van der Waals surface area contributed by atoms with Crippen molar-refractivity contribution in [3.8, 4) is 0 Å². The Balaban J connectivity index is 2.59. The molecule has 0 bridgehead atoms. The number of rotatable bonds is 0. The van der Waals surface area contributed by atoms with E-state index >= 15 is 0 Å². The predicted molar refractivity (Wildman–Crippen MR) is 56.1 cm³/mol. The minimum absolute atomic E-state index is 0.0706. The van der Waals surface area contributed by atoms with E-state index < -0.39 is 0 Å². The Morgan fingerprint density at radius 1 is 1.29 bits per heavy atom. The summed E-state index contributed by atoms with van der Waals surface area (Å²) in [6, 6.07) is 7.78. The fraction of sp³-hybridized carbons (Fsp3) is 0.250. The highest BCUT2D eigenvalue weighted by Crippen LogP contribution is 2.24. The average molecular weight is 187 g/mol. The van der Waals surface area contributed by atoms with Crippen LogP contribution in [0.25, 0.3) is 0 Å². The normalized spacial score (nSPS) is 20.6. The van der Waals surface area contributed by atoms with Crippen molar-refractivity contribution in [1.29, 1.82) is 0 Å². The van der Waals surface area contributed by atoms with E-state index in [1.807, 2.05) is 36.5 Å². The molecular formula is C12H13NO. The van der Waals surface area contributed by atoms with Crippen molar-refractivity contribution < 1.29 is 4.79 Å². The summed E-state index contributed by atoms with van der Waals surface area (Å²) in [6.07, 6.45) is 3.89. The van der Waals surface area contributed by atoms with E-state index in [1.54, 1.807) is 11.9 Å². The van der Waals surface area contributed by atoms with Gasteiger partial charge < -0.3 is 4.90 Å². The molecule has 2 nitrogen and oxygen atoms in total. The number of allylic oxidation sites excluding steroid dienone is 1. The SMILES string of the molecule is C[C@@H]1C=CN(C)C(=O)c2ccccc21. The molecule has 1 aliphatic heterocycles. The Hall–Kier alpha value is -1.57. The van der Waals surface area contributed by atoms with Crippen molar-refractivity contribution in [2.75, 3.05) is 7.05 Å². The van der Waals surface area contributed by atoms with Crippen LogP contribution in [-0.2, 0) is 0 Å². The quantitative estimate of drug-likeness (QED) is 0.610. The standard InChI is InChI=1S/C12H13NO/c1-9-7-8-13(2)12(14)11-6-4-3-5-10(9)11/h3-9H,1-2H3/t9-/m1/s1. The molecule has 1 aromatic rings. The molecule has 1 atom stereocenters. The number of benzene rings is 1. The Labute approximate surface area is 83.8 Å². The number of nitrogens with zero attached hydrogens (tertiary/aromatic N) is 1. The van der Waals surface area contributed by atoms with Crippen LogP contribution in [0.5, 0.6) is 0 Å². The molecule has 72 valence electrons. The van der Waals surface area contributed by atoms with E-state index in [1.165, 1.54) is 0 Å². The highest BCUT2D eigenvalue weighted by Gasteiger charge is 2.19. The van der Waals surface area contributed by atoms with E-state index in [0.29, 0.717) is 5.92 Å². The minimum Gasteiger partial charge on any atom is -0.318 e. The van der Waals surface area contributed by atoms with E-state index in [2.05, 4.69) is 6.92 Å². The van der Waals surface area contributed by atoms with E-state index in [-0.39, 0.29) is 5.91 Å². The molecule has 0 N–H and O–H groups in total. The number of fused-ring (bicyclic) bond motifs is 1. The second-order valence-electron chi connectivity index (χ2n) is 3.63. The molecule has 0 radical (unpaired) electrons. The second-order valence-corrected chi connectivity index (χ2v) is 3.63. The average Bonchev–Trinajstić information content (AvgIpc) is 2.33. The lowest BCUT2D eigenvalue weighted by molar-refractivity contribution is 0.0851. The van der Waals surface area contributed by atoms with E-state index in [9.17, 15) is 4.79 Å². The van der Waals surface area contributed by atoms with Crippen LogP contribution in [0.2, 0.25) is 0 Å². The van der Waals surface area contributed by atoms with Gasteiger partial charge in [-0.05, 0) is 11.6 Å². The topological polar surface area (TPSA) is 20.3 Å².